The van der Waals surface area contributed by atoms with Crippen molar-refractivity contribution in [2.24, 2.45) is 0 Å². The molecule has 0 spiro atoms. The van der Waals surface area contributed by atoms with Crippen molar-refractivity contribution >= 4 is 10.0 Å². The Morgan fingerprint density at radius 1 is 1.39 bits per heavy atom. The lowest BCUT2D eigenvalue weighted by Gasteiger charge is -2.42. The first-order chi connectivity index (χ1) is 10.6. The van der Waals surface area contributed by atoms with E-state index in [1.807, 2.05) is 19.9 Å². The number of hydrogen-bond donors (Lipinski definition) is 1. The van der Waals surface area contributed by atoms with E-state index in [9.17, 15) is 13.5 Å². The fraction of sp³-hybridized carbons (Fsp3) is 0.625. The van der Waals surface area contributed by atoms with Gasteiger partial charge in [-0.2, -0.15) is 0 Å². The molecule has 1 heterocycles. The first-order valence-corrected chi connectivity index (χ1v) is 9.10. The van der Waals surface area contributed by atoms with Crippen LogP contribution in [0.25, 0.3) is 0 Å². The molecule has 0 bridgehead atoms. The first kappa shape index (κ1) is 18.4. The van der Waals surface area contributed by atoms with Crippen molar-refractivity contribution in [2.75, 3.05) is 33.8 Å². The van der Waals surface area contributed by atoms with Crippen LogP contribution >= 0.6 is 0 Å². The third-order valence-corrected chi connectivity index (χ3v) is 5.65. The normalized spacial score (nSPS) is 22.4. The third kappa shape index (κ3) is 4.51. The summed E-state index contributed by atoms with van der Waals surface area (Å²) >= 11 is 0. The van der Waals surface area contributed by atoms with Gasteiger partial charge in [-0.3, -0.25) is 4.90 Å². The maximum atomic E-state index is 12.2. The highest BCUT2D eigenvalue weighted by Gasteiger charge is 2.33. The third-order valence-electron chi connectivity index (χ3n) is 3.84. The van der Waals surface area contributed by atoms with Gasteiger partial charge in [0.2, 0.25) is 10.0 Å². The van der Waals surface area contributed by atoms with Gasteiger partial charge in [-0.1, -0.05) is 12.1 Å². The molecule has 0 amide bonds. The molecule has 0 radical (unpaired) electrons. The Hall–Kier alpha value is -0.990. The molecule has 0 aliphatic carbocycles. The second-order valence-electron chi connectivity index (χ2n) is 6.79. The second-order valence-corrected chi connectivity index (χ2v) is 8.94. The van der Waals surface area contributed by atoms with E-state index in [0.717, 1.165) is 12.1 Å². The number of rotatable bonds is 5. The fourth-order valence-corrected chi connectivity index (χ4v) is 3.88. The topological polar surface area (TPSA) is 70.1 Å². The monoisotopic (exact) mass is 342 g/mol. The molecule has 7 heteroatoms. The van der Waals surface area contributed by atoms with Crippen LogP contribution < -0.4 is 0 Å². The van der Waals surface area contributed by atoms with E-state index >= 15 is 0 Å². The average Bonchev–Trinajstić information content (AvgIpc) is 2.45. The lowest BCUT2D eigenvalue weighted by atomic mass is 10.0. The molecule has 130 valence electrons. The molecule has 1 N–H and O–H groups in total. The summed E-state index contributed by atoms with van der Waals surface area (Å²) in [4.78, 5) is 2.48. The molecular weight excluding hydrogens is 316 g/mol. The SMILES string of the molecule is CN(C)S(=O)(=O)c1cccc(CN2CC(CO)OC(C)(C)C2)c1. The summed E-state index contributed by atoms with van der Waals surface area (Å²) in [6.07, 6.45) is -0.215. The van der Waals surface area contributed by atoms with Crippen molar-refractivity contribution in [1.82, 2.24) is 9.21 Å². The standard InChI is InChI=1S/C16H26N2O4S/c1-16(2)12-18(10-14(11-19)22-16)9-13-6-5-7-15(8-13)23(20,21)17(3)4/h5-8,14,19H,9-12H2,1-4H3. The average molecular weight is 342 g/mol. The zero-order valence-corrected chi connectivity index (χ0v) is 15.0. The summed E-state index contributed by atoms with van der Waals surface area (Å²) in [5.41, 5.74) is 0.598. The van der Waals surface area contributed by atoms with Gasteiger partial charge in [0.15, 0.2) is 0 Å². The Kier molecular flexibility index (Phi) is 5.48. The largest absolute Gasteiger partial charge is 0.394 e. The highest BCUT2D eigenvalue weighted by Crippen LogP contribution is 2.23. The molecule has 1 aliphatic rings. The van der Waals surface area contributed by atoms with Gasteiger partial charge in [-0.05, 0) is 31.5 Å². The maximum Gasteiger partial charge on any atom is 0.242 e. The molecule has 23 heavy (non-hydrogen) atoms. The molecule has 6 nitrogen and oxygen atoms in total. The number of benzene rings is 1. The zero-order valence-electron chi connectivity index (χ0n) is 14.2. The van der Waals surface area contributed by atoms with Crippen LogP contribution in [0.2, 0.25) is 0 Å². The van der Waals surface area contributed by atoms with Gasteiger partial charge in [0, 0.05) is 33.7 Å². The van der Waals surface area contributed by atoms with Crippen molar-refractivity contribution in [1.29, 1.82) is 0 Å². The predicted octanol–water partition coefficient (Wildman–Crippen LogP) is 0.909. The number of ether oxygens (including phenoxy) is 1. The molecule has 0 aromatic heterocycles. The lowest BCUT2D eigenvalue weighted by molar-refractivity contribution is -0.150. The minimum absolute atomic E-state index is 0.0189. The number of sulfonamides is 1. The molecule has 0 saturated carbocycles. The van der Waals surface area contributed by atoms with Gasteiger partial charge < -0.3 is 9.84 Å². The van der Waals surface area contributed by atoms with Crippen LogP contribution in [0.1, 0.15) is 19.4 Å². The van der Waals surface area contributed by atoms with E-state index in [4.69, 9.17) is 4.74 Å². The second kappa shape index (κ2) is 6.86. The van der Waals surface area contributed by atoms with Gasteiger partial charge in [0.05, 0.1) is 23.2 Å². The fourth-order valence-electron chi connectivity index (χ4n) is 2.91. The number of hydrogen-bond acceptors (Lipinski definition) is 5. The highest BCUT2D eigenvalue weighted by atomic mass is 32.2. The molecule has 1 aliphatic heterocycles. The van der Waals surface area contributed by atoms with Crippen LogP contribution in [0.5, 0.6) is 0 Å². The molecule has 1 saturated heterocycles. The Bertz CT molecular complexity index is 643. The number of aliphatic hydroxyl groups is 1. The molecule has 1 fully saturated rings. The molecular formula is C16H26N2O4S. The van der Waals surface area contributed by atoms with Crippen LogP contribution in [-0.2, 0) is 21.3 Å². The van der Waals surface area contributed by atoms with Crippen LogP contribution in [0, 0.1) is 0 Å². The van der Waals surface area contributed by atoms with E-state index in [2.05, 4.69) is 4.90 Å². The van der Waals surface area contributed by atoms with Gasteiger partial charge in [-0.25, -0.2) is 12.7 Å². The lowest BCUT2D eigenvalue weighted by Crippen LogP contribution is -2.53. The zero-order chi connectivity index (χ0) is 17.3. The van der Waals surface area contributed by atoms with Gasteiger partial charge in [0.1, 0.15) is 0 Å². The Morgan fingerprint density at radius 3 is 2.70 bits per heavy atom. The molecule has 1 unspecified atom stereocenters. The Morgan fingerprint density at radius 2 is 2.09 bits per heavy atom. The van der Waals surface area contributed by atoms with E-state index in [-0.39, 0.29) is 18.3 Å². The summed E-state index contributed by atoms with van der Waals surface area (Å²) in [5, 5.41) is 9.38. The van der Waals surface area contributed by atoms with E-state index < -0.39 is 10.0 Å². The summed E-state index contributed by atoms with van der Waals surface area (Å²) in [7, 11) is -0.376. The van der Waals surface area contributed by atoms with E-state index in [1.54, 1.807) is 18.2 Å². The quantitative estimate of drug-likeness (QED) is 0.861. The number of aliphatic hydroxyl groups excluding tert-OH is 1. The summed E-state index contributed by atoms with van der Waals surface area (Å²) in [5.74, 6) is 0. The van der Waals surface area contributed by atoms with Crippen LogP contribution in [0.4, 0.5) is 0 Å². The van der Waals surface area contributed by atoms with Crippen LogP contribution in [0.3, 0.4) is 0 Å². The summed E-state index contributed by atoms with van der Waals surface area (Å²) in [6.45, 7) is 5.96. The Labute approximate surface area is 138 Å². The molecule has 1 aromatic rings. The summed E-state index contributed by atoms with van der Waals surface area (Å²) < 4.78 is 31.5. The summed E-state index contributed by atoms with van der Waals surface area (Å²) in [6, 6.07) is 7.01. The predicted molar refractivity (Wildman–Crippen MR) is 88.6 cm³/mol. The van der Waals surface area contributed by atoms with Crippen LogP contribution in [-0.4, -0.2) is 68.2 Å². The highest BCUT2D eigenvalue weighted by molar-refractivity contribution is 7.89. The minimum Gasteiger partial charge on any atom is -0.394 e. The van der Waals surface area contributed by atoms with Crippen molar-refractivity contribution < 1.29 is 18.3 Å². The van der Waals surface area contributed by atoms with E-state index in [0.29, 0.717) is 18.0 Å². The van der Waals surface area contributed by atoms with Gasteiger partial charge >= 0.3 is 0 Å². The van der Waals surface area contributed by atoms with Crippen LogP contribution in [0.15, 0.2) is 29.2 Å². The number of morpholine rings is 1. The van der Waals surface area contributed by atoms with Crippen molar-refractivity contribution in [3.05, 3.63) is 29.8 Å². The minimum atomic E-state index is -3.43. The smallest absolute Gasteiger partial charge is 0.242 e. The van der Waals surface area contributed by atoms with Crippen molar-refractivity contribution in [3.63, 3.8) is 0 Å². The Balaban J connectivity index is 2.17. The van der Waals surface area contributed by atoms with Crippen molar-refractivity contribution in [3.8, 4) is 0 Å². The van der Waals surface area contributed by atoms with Crippen molar-refractivity contribution in [2.45, 2.75) is 37.0 Å². The molecule has 1 atom stereocenters. The maximum absolute atomic E-state index is 12.2. The number of nitrogens with zero attached hydrogens (tertiary/aromatic N) is 2. The van der Waals surface area contributed by atoms with Gasteiger partial charge in [-0.15, -0.1) is 0 Å². The molecule has 1 aromatic carbocycles. The van der Waals surface area contributed by atoms with E-state index in [1.165, 1.54) is 18.4 Å². The van der Waals surface area contributed by atoms with Gasteiger partial charge in [0.25, 0.3) is 0 Å². The molecule has 2 rings (SSSR count). The first-order valence-electron chi connectivity index (χ1n) is 7.66.